The summed E-state index contributed by atoms with van der Waals surface area (Å²) in [5, 5.41) is 4.20. The number of hydrogen-bond donors (Lipinski definition) is 2. The van der Waals surface area contributed by atoms with Crippen LogP contribution in [-0.4, -0.2) is 17.4 Å². The zero-order valence-corrected chi connectivity index (χ0v) is 14.0. The number of nitrogens with one attached hydrogen (secondary N) is 2. The van der Waals surface area contributed by atoms with E-state index in [9.17, 15) is 9.59 Å². The van der Waals surface area contributed by atoms with Gasteiger partial charge < -0.3 is 10.3 Å². The van der Waals surface area contributed by atoms with E-state index in [1.165, 1.54) is 0 Å². The van der Waals surface area contributed by atoms with Crippen molar-refractivity contribution in [1.29, 1.82) is 0 Å². The second-order valence-corrected chi connectivity index (χ2v) is 6.06. The first-order valence-electron chi connectivity index (χ1n) is 7.70. The van der Waals surface area contributed by atoms with Crippen molar-refractivity contribution >= 4 is 28.4 Å². The molecule has 0 saturated heterocycles. The molecule has 0 fully saturated rings. The molecule has 24 heavy (non-hydrogen) atoms. The third-order valence-corrected chi connectivity index (χ3v) is 4.29. The van der Waals surface area contributed by atoms with Gasteiger partial charge in [-0.15, -0.1) is 0 Å². The third kappa shape index (κ3) is 3.34. The Balaban J connectivity index is 1.72. The van der Waals surface area contributed by atoms with Crippen LogP contribution in [0, 0.1) is 6.92 Å². The van der Waals surface area contributed by atoms with Crippen molar-refractivity contribution in [3.8, 4) is 0 Å². The summed E-state index contributed by atoms with van der Waals surface area (Å²) >= 11 is 6.00. The molecule has 0 saturated carbocycles. The van der Waals surface area contributed by atoms with Crippen LogP contribution in [0.25, 0.3) is 10.9 Å². The highest BCUT2D eigenvalue weighted by atomic mass is 35.5. The Morgan fingerprint density at radius 1 is 1.17 bits per heavy atom. The fourth-order valence-electron chi connectivity index (χ4n) is 2.67. The molecule has 5 heteroatoms. The van der Waals surface area contributed by atoms with Crippen LogP contribution in [0.3, 0.4) is 0 Å². The van der Waals surface area contributed by atoms with Crippen molar-refractivity contribution in [2.24, 2.45) is 0 Å². The SMILES string of the molecule is Cc1cccc2cc(CCNC(=O)c3ccccc3Cl)c(=O)[nH]c12. The van der Waals surface area contributed by atoms with Gasteiger partial charge in [0.25, 0.3) is 11.5 Å². The first-order chi connectivity index (χ1) is 11.6. The molecule has 2 aromatic carbocycles. The zero-order chi connectivity index (χ0) is 17.1. The molecule has 0 bridgehead atoms. The van der Waals surface area contributed by atoms with Gasteiger partial charge in [0.15, 0.2) is 0 Å². The van der Waals surface area contributed by atoms with Crippen LogP contribution < -0.4 is 10.9 Å². The summed E-state index contributed by atoms with van der Waals surface area (Å²) in [6.45, 7) is 2.33. The van der Waals surface area contributed by atoms with E-state index in [0.29, 0.717) is 29.1 Å². The van der Waals surface area contributed by atoms with E-state index in [1.54, 1.807) is 24.3 Å². The average Bonchev–Trinajstić information content (AvgIpc) is 2.56. The number of aromatic amines is 1. The zero-order valence-electron chi connectivity index (χ0n) is 13.2. The molecule has 0 spiro atoms. The number of H-pyrrole nitrogens is 1. The Kier molecular flexibility index (Phi) is 4.67. The number of para-hydroxylation sites is 1. The molecule has 1 amide bonds. The third-order valence-electron chi connectivity index (χ3n) is 3.96. The molecule has 2 N–H and O–H groups in total. The van der Waals surface area contributed by atoms with Crippen LogP contribution in [0.2, 0.25) is 5.02 Å². The number of aromatic nitrogens is 1. The number of carbonyl (C=O) groups excluding carboxylic acids is 1. The molecule has 1 heterocycles. The maximum absolute atomic E-state index is 12.2. The van der Waals surface area contributed by atoms with Gasteiger partial charge in [-0.05, 0) is 42.5 Å². The Labute approximate surface area is 144 Å². The van der Waals surface area contributed by atoms with Crippen LogP contribution in [-0.2, 0) is 6.42 Å². The van der Waals surface area contributed by atoms with Crippen molar-refractivity contribution in [3.63, 3.8) is 0 Å². The van der Waals surface area contributed by atoms with Gasteiger partial charge in [0.1, 0.15) is 0 Å². The normalized spacial score (nSPS) is 10.8. The molecule has 0 aliphatic heterocycles. The van der Waals surface area contributed by atoms with E-state index in [1.807, 2.05) is 31.2 Å². The summed E-state index contributed by atoms with van der Waals surface area (Å²) < 4.78 is 0. The fourth-order valence-corrected chi connectivity index (χ4v) is 2.89. The monoisotopic (exact) mass is 340 g/mol. The highest BCUT2D eigenvalue weighted by molar-refractivity contribution is 6.33. The number of carbonyl (C=O) groups is 1. The van der Waals surface area contributed by atoms with Crippen molar-refractivity contribution in [2.45, 2.75) is 13.3 Å². The maximum Gasteiger partial charge on any atom is 0.252 e. The Morgan fingerprint density at radius 3 is 2.75 bits per heavy atom. The number of benzene rings is 2. The van der Waals surface area contributed by atoms with E-state index in [4.69, 9.17) is 11.6 Å². The predicted octanol–water partition coefficient (Wildman–Crippen LogP) is 3.46. The average molecular weight is 341 g/mol. The summed E-state index contributed by atoms with van der Waals surface area (Å²) in [7, 11) is 0. The molecule has 122 valence electrons. The van der Waals surface area contributed by atoms with Gasteiger partial charge in [-0.1, -0.05) is 41.9 Å². The quantitative estimate of drug-likeness (QED) is 0.764. The molecule has 0 radical (unpaired) electrons. The van der Waals surface area contributed by atoms with Crippen molar-refractivity contribution in [1.82, 2.24) is 10.3 Å². The van der Waals surface area contributed by atoms with E-state index < -0.39 is 0 Å². The van der Waals surface area contributed by atoms with Crippen LogP contribution >= 0.6 is 11.6 Å². The Hall–Kier alpha value is -2.59. The van der Waals surface area contributed by atoms with Gasteiger partial charge >= 0.3 is 0 Å². The summed E-state index contributed by atoms with van der Waals surface area (Å²) in [6.07, 6.45) is 0.454. The number of pyridine rings is 1. The second kappa shape index (κ2) is 6.89. The van der Waals surface area contributed by atoms with E-state index >= 15 is 0 Å². The highest BCUT2D eigenvalue weighted by Crippen LogP contribution is 2.16. The van der Waals surface area contributed by atoms with Crippen LogP contribution in [0.4, 0.5) is 0 Å². The van der Waals surface area contributed by atoms with Gasteiger partial charge in [-0.3, -0.25) is 9.59 Å². The molecule has 0 atom stereocenters. The number of hydrogen-bond acceptors (Lipinski definition) is 2. The topological polar surface area (TPSA) is 62.0 Å². The molecular weight excluding hydrogens is 324 g/mol. The summed E-state index contributed by atoms with van der Waals surface area (Å²) in [5.41, 5.74) is 2.84. The molecule has 3 rings (SSSR count). The first-order valence-corrected chi connectivity index (χ1v) is 8.08. The minimum absolute atomic E-state index is 0.121. The summed E-state index contributed by atoms with van der Waals surface area (Å²) in [6, 6.07) is 14.6. The largest absolute Gasteiger partial charge is 0.352 e. The maximum atomic E-state index is 12.2. The minimum atomic E-state index is -0.242. The van der Waals surface area contributed by atoms with E-state index in [2.05, 4.69) is 10.3 Å². The van der Waals surface area contributed by atoms with Gasteiger partial charge in [0, 0.05) is 12.1 Å². The molecule has 3 aromatic rings. The molecule has 0 aliphatic rings. The molecule has 1 aromatic heterocycles. The number of rotatable bonds is 4. The van der Waals surface area contributed by atoms with E-state index in [-0.39, 0.29) is 11.5 Å². The molecular formula is C19H17ClN2O2. The lowest BCUT2D eigenvalue weighted by molar-refractivity contribution is 0.0954. The van der Waals surface area contributed by atoms with Crippen LogP contribution in [0.1, 0.15) is 21.5 Å². The lowest BCUT2D eigenvalue weighted by atomic mass is 10.1. The molecule has 0 aliphatic carbocycles. The standard InChI is InChI=1S/C19H17ClN2O2/c1-12-5-4-6-13-11-14(18(23)22-17(12)13)9-10-21-19(24)15-7-2-3-8-16(15)20/h2-8,11H,9-10H2,1H3,(H,21,24)(H,22,23). The Bertz CT molecular complexity index is 963. The second-order valence-electron chi connectivity index (χ2n) is 5.65. The van der Waals surface area contributed by atoms with Crippen LogP contribution in [0.5, 0.6) is 0 Å². The smallest absolute Gasteiger partial charge is 0.252 e. The lowest BCUT2D eigenvalue weighted by Crippen LogP contribution is -2.27. The minimum Gasteiger partial charge on any atom is -0.352 e. The summed E-state index contributed by atoms with van der Waals surface area (Å²) in [4.78, 5) is 27.2. The molecule has 0 unspecified atom stereocenters. The van der Waals surface area contributed by atoms with Gasteiger partial charge in [0.05, 0.1) is 16.1 Å². The van der Waals surface area contributed by atoms with Gasteiger partial charge in [-0.25, -0.2) is 0 Å². The van der Waals surface area contributed by atoms with Crippen molar-refractivity contribution in [2.75, 3.05) is 6.54 Å². The lowest BCUT2D eigenvalue weighted by Gasteiger charge is -2.08. The number of aryl methyl sites for hydroxylation is 1. The van der Waals surface area contributed by atoms with E-state index in [0.717, 1.165) is 16.5 Å². The summed E-state index contributed by atoms with van der Waals surface area (Å²) in [5.74, 6) is -0.242. The Morgan fingerprint density at radius 2 is 1.96 bits per heavy atom. The van der Waals surface area contributed by atoms with Crippen molar-refractivity contribution < 1.29 is 4.79 Å². The first kappa shape index (κ1) is 16.3. The van der Waals surface area contributed by atoms with Crippen LogP contribution in [0.15, 0.2) is 53.3 Å². The van der Waals surface area contributed by atoms with Gasteiger partial charge in [-0.2, -0.15) is 0 Å². The molecule has 4 nitrogen and oxygen atoms in total. The fraction of sp³-hybridized carbons (Fsp3) is 0.158. The number of fused-ring (bicyclic) bond motifs is 1. The predicted molar refractivity (Wildman–Crippen MR) is 96.8 cm³/mol. The number of halogens is 1. The van der Waals surface area contributed by atoms with Crippen molar-refractivity contribution in [3.05, 3.63) is 80.6 Å². The highest BCUT2D eigenvalue weighted by Gasteiger charge is 2.10. The van der Waals surface area contributed by atoms with Gasteiger partial charge in [0.2, 0.25) is 0 Å². The number of amides is 1.